The Kier molecular flexibility index (Phi) is 6.50. The van der Waals surface area contributed by atoms with Gasteiger partial charge in [0.15, 0.2) is 0 Å². The number of ether oxygens (including phenoxy) is 1. The van der Waals surface area contributed by atoms with Crippen molar-refractivity contribution in [3.8, 4) is 0 Å². The van der Waals surface area contributed by atoms with Gasteiger partial charge in [0.1, 0.15) is 13.2 Å². The molecule has 0 unspecified atom stereocenters. The van der Waals surface area contributed by atoms with E-state index in [4.69, 9.17) is 10.5 Å². The first-order chi connectivity index (χ1) is 14.0. The topological polar surface area (TPSA) is 124 Å². The van der Waals surface area contributed by atoms with E-state index in [9.17, 15) is 13.2 Å². The molecule has 0 saturated heterocycles. The Morgan fingerprint density at radius 2 is 1.66 bits per heavy atom. The van der Waals surface area contributed by atoms with Crippen molar-refractivity contribution in [2.75, 3.05) is 13.2 Å². The Hall–Kier alpha value is -3.33. The number of urea groups is 1. The predicted octanol–water partition coefficient (Wildman–Crippen LogP) is 0.105. The fraction of sp³-hybridized carbons (Fsp3) is 0.200. The molecule has 2 aromatic rings. The quantitative estimate of drug-likeness (QED) is 0.533. The van der Waals surface area contributed by atoms with Gasteiger partial charge in [-0.2, -0.15) is 0 Å². The second-order valence-electron chi connectivity index (χ2n) is 6.32. The Morgan fingerprint density at radius 3 is 2.14 bits per heavy atom. The minimum Gasteiger partial charge on any atom is -0.443 e. The predicted molar refractivity (Wildman–Crippen MR) is 109 cm³/mol. The molecule has 8 nitrogen and oxygen atoms in total. The molecule has 29 heavy (non-hydrogen) atoms. The van der Waals surface area contributed by atoms with Gasteiger partial charge in [0.25, 0.3) is 10.0 Å². The zero-order valence-electron chi connectivity index (χ0n) is 15.7. The van der Waals surface area contributed by atoms with Crippen LogP contribution in [0.3, 0.4) is 0 Å². The lowest BCUT2D eigenvalue weighted by atomic mass is 9.99. The largest absolute Gasteiger partial charge is 0.443 e. The van der Waals surface area contributed by atoms with Crippen LogP contribution in [0.15, 0.2) is 71.8 Å². The fourth-order valence-corrected chi connectivity index (χ4v) is 3.90. The Labute approximate surface area is 169 Å². The molecule has 0 aromatic heterocycles. The summed E-state index contributed by atoms with van der Waals surface area (Å²) < 4.78 is 32.7. The lowest BCUT2D eigenvalue weighted by Gasteiger charge is -2.20. The van der Waals surface area contributed by atoms with Gasteiger partial charge in [-0.05, 0) is 11.1 Å². The third-order valence-electron chi connectivity index (χ3n) is 4.29. The van der Waals surface area contributed by atoms with E-state index < -0.39 is 22.1 Å². The van der Waals surface area contributed by atoms with E-state index >= 15 is 0 Å². The summed E-state index contributed by atoms with van der Waals surface area (Å²) in [6, 6.07) is 17.1. The summed E-state index contributed by atoms with van der Waals surface area (Å²) in [7, 11) is -4.23. The first-order valence-electron chi connectivity index (χ1n) is 9.10. The van der Waals surface area contributed by atoms with Crippen molar-refractivity contribution in [3.05, 3.63) is 82.9 Å². The van der Waals surface area contributed by atoms with E-state index in [0.29, 0.717) is 13.2 Å². The highest BCUT2D eigenvalue weighted by atomic mass is 32.2. The van der Waals surface area contributed by atoms with Gasteiger partial charge in [-0.25, -0.2) is 22.9 Å². The van der Waals surface area contributed by atoms with Gasteiger partial charge < -0.3 is 15.8 Å². The molecule has 152 valence electrons. The number of rotatable bonds is 6. The standard InChI is InChI=1S/C20H22N4O4S/c21-14-17(19-22-12-7-13-28-19)29(26,27)24-20(25)23-18(15-8-3-1-4-9-15)16-10-5-2-6-11-16/h1-6,8-11,14,18H,7,12-13,21H2,(H2,23,24,25)/p+1/b17-14+. The zero-order valence-corrected chi connectivity index (χ0v) is 16.5. The molecule has 1 aliphatic rings. The third kappa shape index (κ3) is 5.14. The molecule has 0 spiro atoms. The fourth-order valence-electron chi connectivity index (χ4n) is 2.93. The van der Waals surface area contributed by atoms with Crippen molar-refractivity contribution in [1.29, 1.82) is 0 Å². The molecule has 0 fully saturated rings. The van der Waals surface area contributed by atoms with Crippen LogP contribution < -0.4 is 20.8 Å². The number of hydrogen-bond acceptors (Lipinski definition) is 5. The molecule has 0 aliphatic carbocycles. The van der Waals surface area contributed by atoms with Crippen LogP contribution in [0.25, 0.3) is 0 Å². The molecule has 1 aliphatic heterocycles. The maximum Gasteiger partial charge on any atom is 0.383 e. The maximum absolute atomic E-state index is 12.7. The second kappa shape index (κ2) is 9.24. The molecule has 3 rings (SSSR count). The van der Waals surface area contributed by atoms with E-state index in [1.807, 2.05) is 65.4 Å². The number of nitrogens with two attached hydrogens (primary N) is 1. The van der Waals surface area contributed by atoms with Gasteiger partial charge in [0.05, 0.1) is 6.04 Å². The highest BCUT2D eigenvalue weighted by Gasteiger charge is 2.32. The van der Waals surface area contributed by atoms with Crippen molar-refractivity contribution in [3.63, 3.8) is 0 Å². The molecule has 9 heteroatoms. The van der Waals surface area contributed by atoms with E-state index in [1.165, 1.54) is 0 Å². The van der Waals surface area contributed by atoms with Crippen LogP contribution in [-0.4, -0.2) is 33.5 Å². The SMILES string of the molecule is N/C=C(\C1=[NH+]CCCO1)S(=O)(=O)NC(=O)NC(c1ccccc1)c1ccccc1. The summed E-state index contributed by atoms with van der Waals surface area (Å²) in [5, 5.41) is 2.72. The molecule has 0 radical (unpaired) electrons. The zero-order chi connectivity index (χ0) is 20.7. The third-order valence-corrected chi connectivity index (χ3v) is 5.64. The minimum absolute atomic E-state index is 0.0294. The molecule has 0 atom stereocenters. The number of nitrogens with one attached hydrogen (secondary N) is 3. The van der Waals surface area contributed by atoms with Gasteiger partial charge in [0, 0.05) is 12.6 Å². The molecule has 2 amide bonds. The molecular formula is C20H23N4O4S+. The number of carbonyl (C=O) groups is 1. The van der Waals surface area contributed by atoms with Crippen LogP contribution in [0.2, 0.25) is 0 Å². The van der Waals surface area contributed by atoms with Gasteiger partial charge in [-0.15, -0.1) is 0 Å². The molecule has 2 aromatic carbocycles. The number of benzene rings is 2. The second-order valence-corrected chi connectivity index (χ2v) is 7.97. The van der Waals surface area contributed by atoms with Crippen molar-refractivity contribution in [1.82, 2.24) is 10.0 Å². The summed E-state index contributed by atoms with van der Waals surface area (Å²) in [4.78, 5) is 15.1. The normalized spacial score (nSPS) is 14.7. The summed E-state index contributed by atoms with van der Waals surface area (Å²) in [6.07, 6.45) is 1.64. The lowest BCUT2D eigenvalue weighted by molar-refractivity contribution is -0.476. The highest BCUT2D eigenvalue weighted by Crippen LogP contribution is 2.21. The Morgan fingerprint density at radius 1 is 1.07 bits per heavy atom. The average Bonchev–Trinajstić information content (AvgIpc) is 2.74. The Bertz CT molecular complexity index is 966. The number of hydrogen-bond donors (Lipinski definition) is 4. The van der Waals surface area contributed by atoms with Crippen LogP contribution in [0.1, 0.15) is 23.6 Å². The summed E-state index contributed by atoms with van der Waals surface area (Å²) in [5.74, 6) is 0.0294. The van der Waals surface area contributed by atoms with Crippen LogP contribution in [0.4, 0.5) is 4.79 Å². The number of amides is 2. The van der Waals surface area contributed by atoms with Gasteiger partial charge in [0.2, 0.25) is 4.91 Å². The lowest BCUT2D eigenvalue weighted by Crippen LogP contribution is -2.76. The van der Waals surface area contributed by atoms with Crippen molar-refractivity contribution < 1.29 is 22.9 Å². The summed E-state index contributed by atoms with van der Waals surface area (Å²) in [6.45, 7) is 0.921. The van der Waals surface area contributed by atoms with Crippen LogP contribution in [0.5, 0.6) is 0 Å². The van der Waals surface area contributed by atoms with Gasteiger partial charge in [-0.3, -0.25) is 0 Å². The van der Waals surface area contributed by atoms with Crippen LogP contribution in [0, 0.1) is 0 Å². The minimum atomic E-state index is -4.23. The maximum atomic E-state index is 12.7. The molecule has 0 saturated carbocycles. The smallest absolute Gasteiger partial charge is 0.383 e. The first kappa shape index (κ1) is 20.4. The molecular weight excluding hydrogens is 392 g/mol. The van der Waals surface area contributed by atoms with Crippen LogP contribution in [-0.2, 0) is 14.8 Å². The molecule has 0 bridgehead atoms. The van der Waals surface area contributed by atoms with Crippen molar-refractivity contribution >= 4 is 22.0 Å². The molecule has 5 N–H and O–H groups in total. The van der Waals surface area contributed by atoms with E-state index in [1.54, 1.807) is 0 Å². The summed E-state index contributed by atoms with van der Waals surface area (Å²) >= 11 is 0. The molecule has 1 heterocycles. The highest BCUT2D eigenvalue weighted by molar-refractivity contribution is 7.94. The van der Waals surface area contributed by atoms with Crippen molar-refractivity contribution in [2.45, 2.75) is 12.5 Å². The van der Waals surface area contributed by atoms with Crippen molar-refractivity contribution in [2.24, 2.45) is 5.73 Å². The van der Waals surface area contributed by atoms with Crippen LogP contribution >= 0.6 is 0 Å². The summed E-state index contributed by atoms with van der Waals surface area (Å²) in [5.41, 5.74) is 7.12. The van der Waals surface area contributed by atoms with E-state index in [0.717, 1.165) is 23.7 Å². The monoisotopic (exact) mass is 415 g/mol. The number of carbonyl (C=O) groups excluding carboxylic acids is 1. The van der Waals surface area contributed by atoms with E-state index in [-0.39, 0.29) is 10.8 Å². The van der Waals surface area contributed by atoms with E-state index in [2.05, 4.69) is 10.3 Å². The number of sulfonamides is 1. The van der Waals surface area contributed by atoms with Gasteiger partial charge >= 0.3 is 11.9 Å². The average molecular weight is 415 g/mol. The van der Waals surface area contributed by atoms with Gasteiger partial charge in [-0.1, -0.05) is 60.7 Å². The Balaban J connectivity index is 1.80. The first-order valence-corrected chi connectivity index (χ1v) is 10.6.